The SMILES string of the molecule is CCNC(=NCc1nc(C)c(C)s1)NCCCCOc1ccc(F)cc1. The highest BCUT2D eigenvalue weighted by molar-refractivity contribution is 7.11. The van der Waals surface area contributed by atoms with Crippen LogP contribution in [-0.4, -0.2) is 30.6 Å². The number of ether oxygens (including phenoxy) is 1. The first kappa shape index (κ1) is 20.2. The van der Waals surface area contributed by atoms with E-state index in [0.29, 0.717) is 18.9 Å². The third-order valence-electron chi connectivity index (χ3n) is 3.74. The molecule has 7 heteroatoms. The average molecular weight is 379 g/mol. The topological polar surface area (TPSA) is 58.5 Å². The summed E-state index contributed by atoms with van der Waals surface area (Å²) in [5.74, 6) is 1.25. The number of hydrogen-bond donors (Lipinski definition) is 2. The van der Waals surface area contributed by atoms with Gasteiger partial charge < -0.3 is 15.4 Å². The molecule has 2 N–H and O–H groups in total. The number of nitrogens with zero attached hydrogens (tertiary/aromatic N) is 2. The van der Waals surface area contributed by atoms with Crippen molar-refractivity contribution in [2.75, 3.05) is 19.7 Å². The number of thiazole rings is 1. The van der Waals surface area contributed by atoms with Crippen LogP contribution in [0.1, 0.15) is 35.3 Å². The molecule has 0 radical (unpaired) electrons. The second-order valence-corrected chi connectivity index (χ2v) is 7.17. The summed E-state index contributed by atoms with van der Waals surface area (Å²) >= 11 is 1.69. The first-order chi connectivity index (χ1) is 12.6. The van der Waals surface area contributed by atoms with Crippen molar-refractivity contribution in [1.82, 2.24) is 15.6 Å². The summed E-state index contributed by atoms with van der Waals surface area (Å²) < 4.78 is 18.4. The lowest BCUT2D eigenvalue weighted by molar-refractivity contribution is 0.306. The maximum atomic E-state index is 12.8. The van der Waals surface area contributed by atoms with Gasteiger partial charge in [-0.3, -0.25) is 0 Å². The van der Waals surface area contributed by atoms with Crippen molar-refractivity contribution in [3.63, 3.8) is 0 Å². The minimum absolute atomic E-state index is 0.250. The Hall–Kier alpha value is -2.15. The minimum Gasteiger partial charge on any atom is -0.494 e. The van der Waals surface area contributed by atoms with Crippen molar-refractivity contribution in [2.45, 2.75) is 40.2 Å². The van der Waals surface area contributed by atoms with Gasteiger partial charge in [0.2, 0.25) is 0 Å². The van der Waals surface area contributed by atoms with Crippen molar-refractivity contribution >= 4 is 17.3 Å². The van der Waals surface area contributed by atoms with E-state index in [0.717, 1.165) is 42.6 Å². The summed E-state index contributed by atoms with van der Waals surface area (Å²) in [6.45, 7) is 8.98. The summed E-state index contributed by atoms with van der Waals surface area (Å²) in [7, 11) is 0. The van der Waals surface area contributed by atoms with Gasteiger partial charge in [-0.2, -0.15) is 0 Å². The molecule has 0 atom stereocenters. The van der Waals surface area contributed by atoms with E-state index >= 15 is 0 Å². The Bertz CT molecular complexity index is 681. The van der Waals surface area contributed by atoms with Crippen molar-refractivity contribution in [3.05, 3.63) is 45.7 Å². The van der Waals surface area contributed by atoms with E-state index in [2.05, 4.69) is 27.5 Å². The van der Waals surface area contributed by atoms with Gasteiger partial charge in [0.1, 0.15) is 16.6 Å². The van der Waals surface area contributed by atoms with Gasteiger partial charge in [-0.15, -0.1) is 11.3 Å². The summed E-state index contributed by atoms with van der Waals surface area (Å²) in [6, 6.07) is 6.10. The normalized spacial score (nSPS) is 11.5. The molecule has 0 unspecified atom stereocenters. The molecular formula is C19H27FN4OS. The lowest BCUT2D eigenvalue weighted by Gasteiger charge is -2.11. The van der Waals surface area contributed by atoms with Crippen LogP contribution in [0.5, 0.6) is 5.75 Å². The van der Waals surface area contributed by atoms with Crippen LogP contribution >= 0.6 is 11.3 Å². The van der Waals surface area contributed by atoms with Gasteiger partial charge in [0.05, 0.1) is 18.8 Å². The monoisotopic (exact) mass is 378 g/mol. The molecule has 2 rings (SSSR count). The molecule has 0 saturated heterocycles. The molecule has 0 aliphatic heterocycles. The molecule has 0 fully saturated rings. The predicted octanol–water partition coefficient (Wildman–Crippen LogP) is 3.81. The highest BCUT2D eigenvalue weighted by Crippen LogP contribution is 2.17. The molecular weight excluding hydrogens is 351 g/mol. The fourth-order valence-corrected chi connectivity index (χ4v) is 3.11. The number of benzene rings is 1. The second-order valence-electron chi connectivity index (χ2n) is 5.88. The number of aryl methyl sites for hydroxylation is 2. The molecule has 0 aliphatic rings. The van der Waals surface area contributed by atoms with Crippen LogP contribution in [0.15, 0.2) is 29.3 Å². The molecule has 0 saturated carbocycles. The standard InChI is InChI=1S/C19H27FN4OS/c1-4-21-19(23-13-18-24-14(2)15(3)26-18)22-11-5-6-12-25-17-9-7-16(20)8-10-17/h7-10H,4-6,11-13H2,1-3H3,(H2,21,22,23). The van der Waals surface area contributed by atoms with Gasteiger partial charge in [0.25, 0.3) is 0 Å². The fourth-order valence-electron chi connectivity index (χ4n) is 2.25. The van der Waals surface area contributed by atoms with E-state index in [4.69, 9.17) is 4.74 Å². The first-order valence-electron chi connectivity index (χ1n) is 8.92. The average Bonchev–Trinajstić information content (AvgIpc) is 2.95. The fraction of sp³-hybridized carbons (Fsp3) is 0.474. The van der Waals surface area contributed by atoms with Gasteiger partial charge in [0.15, 0.2) is 5.96 Å². The van der Waals surface area contributed by atoms with E-state index in [-0.39, 0.29) is 5.82 Å². The number of aliphatic imine (C=N–C) groups is 1. The summed E-state index contributed by atoms with van der Waals surface area (Å²) in [5.41, 5.74) is 1.08. The van der Waals surface area contributed by atoms with Crippen LogP contribution in [0.2, 0.25) is 0 Å². The molecule has 5 nitrogen and oxygen atoms in total. The van der Waals surface area contributed by atoms with Gasteiger partial charge in [0, 0.05) is 18.0 Å². The van der Waals surface area contributed by atoms with Crippen LogP contribution in [0.3, 0.4) is 0 Å². The van der Waals surface area contributed by atoms with Crippen molar-refractivity contribution in [2.24, 2.45) is 4.99 Å². The van der Waals surface area contributed by atoms with Gasteiger partial charge in [-0.05, 0) is 57.9 Å². The Balaban J connectivity index is 1.67. The van der Waals surface area contributed by atoms with Gasteiger partial charge >= 0.3 is 0 Å². The summed E-state index contributed by atoms with van der Waals surface area (Å²) in [5, 5.41) is 7.61. The van der Waals surface area contributed by atoms with Crippen LogP contribution < -0.4 is 15.4 Å². The number of unbranched alkanes of at least 4 members (excludes halogenated alkanes) is 1. The molecule has 0 aliphatic carbocycles. The quantitative estimate of drug-likeness (QED) is 0.396. The largest absolute Gasteiger partial charge is 0.494 e. The Labute approximate surface area is 158 Å². The second kappa shape index (κ2) is 10.8. The number of aromatic nitrogens is 1. The van der Waals surface area contributed by atoms with Crippen molar-refractivity contribution < 1.29 is 9.13 Å². The third-order valence-corrected chi connectivity index (χ3v) is 4.79. The van der Waals surface area contributed by atoms with E-state index < -0.39 is 0 Å². The number of halogens is 1. The maximum Gasteiger partial charge on any atom is 0.191 e. The van der Waals surface area contributed by atoms with E-state index in [9.17, 15) is 4.39 Å². The highest BCUT2D eigenvalue weighted by atomic mass is 32.1. The summed E-state index contributed by atoms with van der Waals surface area (Å²) in [6.07, 6.45) is 1.87. The van der Waals surface area contributed by atoms with E-state index in [1.807, 2.05) is 13.8 Å². The Morgan fingerprint density at radius 2 is 1.96 bits per heavy atom. The van der Waals surface area contributed by atoms with Gasteiger partial charge in [-0.1, -0.05) is 0 Å². The zero-order valence-corrected chi connectivity index (χ0v) is 16.5. The molecule has 1 heterocycles. The first-order valence-corrected chi connectivity index (χ1v) is 9.73. The minimum atomic E-state index is -0.250. The number of guanidine groups is 1. The molecule has 0 bridgehead atoms. The number of nitrogens with one attached hydrogen (secondary N) is 2. The molecule has 26 heavy (non-hydrogen) atoms. The Kier molecular flexibility index (Phi) is 8.34. The molecule has 1 aromatic carbocycles. The van der Waals surface area contributed by atoms with Crippen molar-refractivity contribution in [1.29, 1.82) is 0 Å². The van der Waals surface area contributed by atoms with Crippen LogP contribution in [0.4, 0.5) is 4.39 Å². The third kappa shape index (κ3) is 7.00. The molecule has 1 aromatic heterocycles. The molecule has 2 aromatic rings. The van der Waals surface area contributed by atoms with Gasteiger partial charge in [-0.25, -0.2) is 14.4 Å². The zero-order chi connectivity index (χ0) is 18.8. The predicted molar refractivity (Wildman–Crippen MR) is 106 cm³/mol. The van der Waals surface area contributed by atoms with Crippen molar-refractivity contribution in [3.8, 4) is 5.75 Å². The lowest BCUT2D eigenvalue weighted by atomic mass is 10.3. The Morgan fingerprint density at radius 1 is 1.19 bits per heavy atom. The van der Waals surface area contributed by atoms with E-state index in [1.54, 1.807) is 23.5 Å². The number of hydrogen-bond acceptors (Lipinski definition) is 4. The Morgan fingerprint density at radius 3 is 2.62 bits per heavy atom. The number of rotatable bonds is 9. The summed E-state index contributed by atoms with van der Waals surface area (Å²) in [4.78, 5) is 10.3. The maximum absolute atomic E-state index is 12.8. The lowest BCUT2D eigenvalue weighted by Crippen LogP contribution is -2.37. The van der Waals surface area contributed by atoms with E-state index in [1.165, 1.54) is 17.0 Å². The zero-order valence-electron chi connectivity index (χ0n) is 15.6. The van der Waals surface area contributed by atoms with Crippen LogP contribution in [0.25, 0.3) is 0 Å². The van der Waals surface area contributed by atoms with Crippen LogP contribution in [0, 0.1) is 19.7 Å². The van der Waals surface area contributed by atoms with Crippen LogP contribution in [-0.2, 0) is 6.54 Å². The smallest absolute Gasteiger partial charge is 0.191 e. The molecule has 0 amide bonds. The molecule has 0 spiro atoms. The highest BCUT2D eigenvalue weighted by Gasteiger charge is 2.04. The molecule has 142 valence electrons.